The van der Waals surface area contributed by atoms with Crippen LogP contribution in [-0.2, 0) is 24.6 Å². The number of methoxy groups -OCH3 is 1. The predicted octanol–water partition coefficient (Wildman–Crippen LogP) is 5.96. The lowest BCUT2D eigenvalue weighted by molar-refractivity contribution is -0.131. The maximum absolute atomic E-state index is 13.3. The number of benzene rings is 4. The van der Waals surface area contributed by atoms with Crippen LogP contribution in [0.3, 0.4) is 0 Å². The Kier molecular flexibility index (Phi) is 6.89. The van der Waals surface area contributed by atoms with Crippen LogP contribution < -0.4 is 14.2 Å². The molecule has 5 heteroatoms. The summed E-state index contributed by atoms with van der Waals surface area (Å²) in [6, 6.07) is 31.8. The summed E-state index contributed by atoms with van der Waals surface area (Å²) in [4.78, 5) is 15.1. The Balaban J connectivity index is 1.39. The molecule has 5 nitrogen and oxygen atoms in total. The number of carbonyl (C=O) groups is 1. The van der Waals surface area contributed by atoms with E-state index >= 15 is 0 Å². The highest BCUT2D eigenvalue weighted by atomic mass is 16.5. The lowest BCUT2D eigenvalue weighted by Crippen LogP contribution is -2.37. The highest BCUT2D eigenvalue weighted by Crippen LogP contribution is 2.41. The van der Waals surface area contributed by atoms with Crippen LogP contribution in [0, 0.1) is 0 Å². The first-order valence-corrected chi connectivity index (χ1v) is 12.0. The summed E-state index contributed by atoms with van der Waals surface area (Å²) in [7, 11) is 3.46. The third-order valence-electron chi connectivity index (χ3n) is 6.47. The topological polar surface area (TPSA) is 48.0 Å². The minimum absolute atomic E-state index is 0.0560. The smallest absolute Gasteiger partial charge is 0.234 e. The maximum atomic E-state index is 13.3. The van der Waals surface area contributed by atoms with Gasteiger partial charge in [0, 0.05) is 13.6 Å². The standard InChI is InChI=1S/C31H29NO4/c1-32-19-25-17-29(36-21-23-11-7-4-8-12-23)28(34-2)18-27(25)30(31(32)33)24-13-15-26(16-14-24)35-20-22-9-5-3-6-10-22/h3-18,30H,19-21H2,1-2H3. The van der Waals surface area contributed by atoms with E-state index in [1.54, 1.807) is 12.0 Å². The summed E-state index contributed by atoms with van der Waals surface area (Å²) in [6.07, 6.45) is 0. The quantitative estimate of drug-likeness (QED) is 0.313. The first-order chi connectivity index (χ1) is 17.6. The molecule has 0 spiro atoms. The maximum Gasteiger partial charge on any atom is 0.234 e. The summed E-state index contributed by atoms with van der Waals surface area (Å²) in [6.45, 7) is 1.46. The monoisotopic (exact) mass is 479 g/mol. The molecule has 1 aliphatic rings. The highest BCUT2D eigenvalue weighted by molar-refractivity contribution is 5.89. The number of amides is 1. The number of nitrogens with zero attached hydrogens (tertiary/aromatic N) is 1. The third-order valence-corrected chi connectivity index (χ3v) is 6.47. The van der Waals surface area contributed by atoms with Gasteiger partial charge in [0.25, 0.3) is 0 Å². The average molecular weight is 480 g/mol. The Bertz CT molecular complexity index is 1320. The van der Waals surface area contributed by atoms with Gasteiger partial charge in [-0.05, 0) is 52.1 Å². The Labute approximate surface area is 211 Å². The van der Waals surface area contributed by atoms with Crippen LogP contribution in [0.2, 0.25) is 0 Å². The van der Waals surface area contributed by atoms with Crippen LogP contribution in [0.1, 0.15) is 33.7 Å². The SMILES string of the molecule is COc1cc2c(cc1OCc1ccccc1)CN(C)C(=O)C2c1ccc(OCc2ccccc2)cc1. The molecule has 1 amide bonds. The van der Waals surface area contributed by atoms with Crippen molar-refractivity contribution >= 4 is 5.91 Å². The molecule has 1 aliphatic heterocycles. The lowest BCUT2D eigenvalue weighted by atomic mass is 9.83. The molecule has 5 rings (SSSR count). The Hall–Kier alpha value is -4.25. The predicted molar refractivity (Wildman–Crippen MR) is 139 cm³/mol. The van der Waals surface area contributed by atoms with E-state index < -0.39 is 5.92 Å². The number of rotatable bonds is 8. The van der Waals surface area contributed by atoms with Gasteiger partial charge >= 0.3 is 0 Å². The number of likely N-dealkylation sites (N-methyl/N-ethyl adjacent to an activating group) is 1. The van der Waals surface area contributed by atoms with Crippen molar-refractivity contribution < 1.29 is 19.0 Å². The molecule has 0 bridgehead atoms. The van der Waals surface area contributed by atoms with Crippen LogP contribution in [0.25, 0.3) is 0 Å². The normalized spacial score (nSPS) is 14.8. The van der Waals surface area contributed by atoms with Gasteiger partial charge in [-0.2, -0.15) is 0 Å². The van der Waals surface area contributed by atoms with Crippen molar-refractivity contribution in [2.24, 2.45) is 0 Å². The van der Waals surface area contributed by atoms with E-state index in [4.69, 9.17) is 14.2 Å². The van der Waals surface area contributed by atoms with Gasteiger partial charge in [-0.15, -0.1) is 0 Å². The largest absolute Gasteiger partial charge is 0.493 e. The van der Waals surface area contributed by atoms with Crippen molar-refractivity contribution in [2.45, 2.75) is 25.7 Å². The summed E-state index contributed by atoms with van der Waals surface area (Å²) in [5.41, 5.74) is 5.10. The zero-order chi connectivity index (χ0) is 24.9. The molecule has 0 saturated carbocycles. The molecular weight excluding hydrogens is 450 g/mol. The zero-order valence-electron chi connectivity index (χ0n) is 20.5. The van der Waals surface area contributed by atoms with Crippen molar-refractivity contribution in [2.75, 3.05) is 14.2 Å². The first kappa shape index (κ1) is 23.5. The Morgan fingerprint density at radius 2 is 1.39 bits per heavy atom. The summed E-state index contributed by atoms with van der Waals surface area (Å²) < 4.78 is 17.7. The summed E-state index contributed by atoms with van der Waals surface area (Å²) in [5.74, 6) is 1.70. The van der Waals surface area contributed by atoms with E-state index in [0.29, 0.717) is 31.3 Å². The molecule has 1 heterocycles. The lowest BCUT2D eigenvalue weighted by Gasteiger charge is -2.33. The number of hydrogen-bond acceptors (Lipinski definition) is 4. The van der Waals surface area contributed by atoms with Gasteiger partial charge in [0.05, 0.1) is 13.0 Å². The molecule has 36 heavy (non-hydrogen) atoms. The first-order valence-electron chi connectivity index (χ1n) is 12.0. The van der Waals surface area contributed by atoms with E-state index in [9.17, 15) is 4.79 Å². The van der Waals surface area contributed by atoms with E-state index in [1.165, 1.54) is 0 Å². The zero-order valence-corrected chi connectivity index (χ0v) is 20.5. The van der Waals surface area contributed by atoms with Crippen LogP contribution >= 0.6 is 0 Å². The summed E-state index contributed by atoms with van der Waals surface area (Å²) in [5, 5.41) is 0. The number of ether oxygens (including phenoxy) is 3. The highest BCUT2D eigenvalue weighted by Gasteiger charge is 2.34. The fourth-order valence-corrected chi connectivity index (χ4v) is 4.54. The van der Waals surface area contributed by atoms with Gasteiger partial charge < -0.3 is 19.1 Å². The molecule has 1 unspecified atom stereocenters. The molecule has 0 aromatic heterocycles. The van der Waals surface area contributed by atoms with Crippen LogP contribution in [0.15, 0.2) is 97.1 Å². The van der Waals surface area contributed by atoms with Gasteiger partial charge in [-0.1, -0.05) is 72.8 Å². The molecular formula is C31H29NO4. The molecule has 0 radical (unpaired) electrons. The Morgan fingerprint density at radius 3 is 2.00 bits per heavy atom. The fraction of sp³-hybridized carbons (Fsp3) is 0.194. The number of carbonyl (C=O) groups excluding carboxylic acids is 1. The molecule has 0 fully saturated rings. The number of fused-ring (bicyclic) bond motifs is 1. The molecule has 182 valence electrons. The van der Waals surface area contributed by atoms with E-state index in [1.807, 2.05) is 104 Å². The van der Waals surface area contributed by atoms with E-state index in [2.05, 4.69) is 0 Å². The summed E-state index contributed by atoms with van der Waals surface area (Å²) >= 11 is 0. The number of hydrogen-bond donors (Lipinski definition) is 0. The second-order valence-electron chi connectivity index (χ2n) is 8.95. The van der Waals surface area contributed by atoms with Crippen LogP contribution in [-0.4, -0.2) is 25.0 Å². The van der Waals surface area contributed by atoms with Crippen molar-refractivity contribution in [3.8, 4) is 17.2 Å². The van der Waals surface area contributed by atoms with E-state index in [-0.39, 0.29) is 5.91 Å². The molecule has 0 saturated heterocycles. The van der Waals surface area contributed by atoms with Gasteiger partial charge in [0.2, 0.25) is 5.91 Å². The van der Waals surface area contributed by atoms with Crippen LogP contribution in [0.4, 0.5) is 0 Å². The molecule has 0 N–H and O–H groups in total. The minimum Gasteiger partial charge on any atom is -0.493 e. The van der Waals surface area contributed by atoms with Crippen LogP contribution in [0.5, 0.6) is 17.2 Å². The molecule has 4 aromatic carbocycles. The van der Waals surface area contributed by atoms with Gasteiger partial charge in [-0.25, -0.2) is 0 Å². The molecule has 1 atom stereocenters. The molecule has 4 aromatic rings. The molecule has 0 aliphatic carbocycles. The van der Waals surface area contributed by atoms with Gasteiger partial charge in [0.1, 0.15) is 19.0 Å². The van der Waals surface area contributed by atoms with Crippen molar-refractivity contribution in [1.82, 2.24) is 4.90 Å². The minimum atomic E-state index is -0.418. The van der Waals surface area contributed by atoms with E-state index in [0.717, 1.165) is 33.6 Å². The second-order valence-corrected chi connectivity index (χ2v) is 8.95. The van der Waals surface area contributed by atoms with Crippen molar-refractivity contribution in [1.29, 1.82) is 0 Å². The van der Waals surface area contributed by atoms with Crippen molar-refractivity contribution in [3.63, 3.8) is 0 Å². The second kappa shape index (κ2) is 10.6. The fourth-order valence-electron chi connectivity index (χ4n) is 4.54. The Morgan fingerprint density at radius 1 is 0.778 bits per heavy atom. The van der Waals surface area contributed by atoms with Gasteiger partial charge in [0.15, 0.2) is 11.5 Å². The van der Waals surface area contributed by atoms with Gasteiger partial charge in [-0.3, -0.25) is 4.79 Å². The average Bonchev–Trinajstić information content (AvgIpc) is 2.93. The van der Waals surface area contributed by atoms with Crippen molar-refractivity contribution in [3.05, 3.63) is 125 Å². The third kappa shape index (κ3) is 5.05.